The van der Waals surface area contributed by atoms with E-state index in [2.05, 4.69) is 29.7 Å². The SMILES string of the molecule is CCC(/C=C(\C)N1CCCCC1)N1CCCCC1. The minimum absolute atomic E-state index is 0.673. The fourth-order valence-electron chi connectivity index (χ4n) is 3.36. The average molecular weight is 250 g/mol. The first-order valence-electron chi connectivity index (χ1n) is 7.98. The molecule has 2 heteroatoms. The Bertz CT molecular complexity index is 260. The number of likely N-dealkylation sites (tertiary alicyclic amines) is 2. The fourth-order valence-corrected chi connectivity index (χ4v) is 3.36. The van der Waals surface area contributed by atoms with Crippen LogP contribution in [0.5, 0.6) is 0 Å². The van der Waals surface area contributed by atoms with E-state index in [0.29, 0.717) is 6.04 Å². The molecule has 18 heavy (non-hydrogen) atoms. The van der Waals surface area contributed by atoms with E-state index in [1.807, 2.05) is 0 Å². The van der Waals surface area contributed by atoms with Crippen molar-refractivity contribution in [1.82, 2.24) is 9.80 Å². The minimum atomic E-state index is 0.673. The van der Waals surface area contributed by atoms with E-state index in [4.69, 9.17) is 0 Å². The molecule has 2 aliphatic rings. The largest absolute Gasteiger partial charge is 0.375 e. The van der Waals surface area contributed by atoms with Crippen LogP contribution in [0.2, 0.25) is 0 Å². The van der Waals surface area contributed by atoms with Gasteiger partial charge in [0, 0.05) is 24.8 Å². The van der Waals surface area contributed by atoms with Crippen molar-refractivity contribution >= 4 is 0 Å². The molecule has 104 valence electrons. The molecule has 0 bridgehead atoms. The highest BCUT2D eigenvalue weighted by Crippen LogP contribution is 2.19. The van der Waals surface area contributed by atoms with Gasteiger partial charge in [-0.1, -0.05) is 13.3 Å². The van der Waals surface area contributed by atoms with Crippen LogP contribution in [0.25, 0.3) is 0 Å². The minimum Gasteiger partial charge on any atom is -0.375 e. The van der Waals surface area contributed by atoms with Crippen molar-refractivity contribution in [2.45, 2.75) is 64.8 Å². The van der Waals surface area contributed by atoms with Crippen LogP contribution in [-0.2, 0) is 0 Å². The second-order valence-electron chi connectivity index (χ2n) is 5.93. The summed E-state index contributed by atoms with van der Waals surface area (Å²) < 4.78 is 0. The summed E-state index contributed by atoms with van der Waals surface area (Å²) in [5.74, 6) is 0. The Morgan fingerprint density at radius 1 is 0.944 bits per heavy atom. The van der Waals surface area contributed by atoms with E-state index >= 15 is 0 Å². The smallest absolute Gasteiger partial charge is 0.0295 e. The predicted molar refractivity (Wildman–Crippen MR) is 78.7 cm³/mol. The summed E-state index contributed by atoms with van der Waals surface area (Å²) in [7, 11) is 0. The molecule has 1 atom stereocenters. The van der Waals surface area contributed by atoms with E-state index in [-0.39, 0.29) is 0 Å². The molecule has 0 aromatic carbocycles. The van der Waals surface area contributed by atoms with Gasteiger partial charge in [0.15, 0.2) is 0 Å². The lowest BCUT2D eigenvalue weighted by molar-refractivity contribution is 0.183. The second kappa shape index (κ2) is 7.18. The maximum absolute atomic E-state index is 2.69. The van der Waals surface area contributed by atoms with E-state index < -0.39 is 0 Å². The van der Waals surface area contributed by atoms with Crippen LogP contribution in [0.3, 0.4) is 0 Å². The molecule has 2 aliphatic heterocycles. The van der Waals surface area contributed by atoms with E-state index in [9.17, 15) is 0 Å². The fraction of sp³-hybridized carbons (Fsp3) is 0.875. The number of rotatable bonds is 4. The molecule has 0 N–H and O–H groups in total. The maximum atomic E-state index is 2.69. The zero-order valence-electron chi connectivity index (χ0n) is 12.3. The molecule has 0 saturated carbocycles. The molecule has 0 amide bonds. The zero-order chi connectivity index (χ0) is 12.8. The molecular formula is C16H30N2. The van der Waals surface area contributed by atoms with Crippen LogP contribution >= 0.6 is 0 Å². The Balaban J connectivity index is 1.93. The van der Waals surface area contributed by atoms with Gasteiger partial charge in [-0.05, 0) is 64.6 Å². The Kier molecular flexibility index (Phi) is 5.55. The standard InChI is InChI=1S/C16H30N2/c1-3-16(18-12-8-5-9-13-18)14-15(2)17-10-6-4-7-11-17/h14,16H,3-13H2,1-2H3/b15-14+. The van der Waals surface area contributed by atoms with Crippen molar-refractivity contribution < 1.29 is 0 Å². The van der Waals surface area contributed by atoms with Crippen LogP contribution in [0.15, 0.2) is 11.8 Å². The first-order chi connectivity index (χ1) is 8.81. The molecule has 2 rings (SSSR count). The summed E-state index contributed by atoms with van der Waals surface area (Å²) in [5.41, 5.74) is 1.52. The van der Waals surface area contributed by atoms with Gasteiger partial charge < -0.3 is 4.90 Å². The second-order valence-corrected chi connectivity index (χ2v) is 5.93. The molecule has 1 unspecified atom stereocenters. The molecule has 0 spiro atoms. The number of nitrogens with zero attached hydrogens (tertiary/aromatic N) is 2. The van der Waals surface area contributed by atoms with Gasteiger partial charge in [0.25, 0.3) is 0 Å². The molecule has 2 fully saturated rings. The number of allylic oxidation sites excluding steroid dienone is 1. The van der Waals surface area contributed by atoms with Crippen molar-refractivity contribution in [2.24, 2.45) is 0 Å². The highest BCUT2D eigenvalue weighted by molar-refractivity contribution is 5.05. The molecule has 2 saturated heterocycles. The van der Waals surface area contributed by atoms with Gasteiger partial charge in [-0.3, -0.25) is 4.90 Å². The third-order valence-electron chi connectivity index (χ3n) is 4.57. The van der Waals surface area contributed by atoms with Crippen LogP contribution in [0.1, 0.15) is 58.8 Å². The first kappa shape index (κ1) is 13.9. The number of piperidine rings is 2. The van der Waals surface area contributed by atoms with Crippen molar-refractivity contribution in [2.75, 3.05) is 26.2 Å². The van der Waals surface area contributed by atoms with Crippen LogP contribution in [-0.4, -0.2) is 42.0 Å². The summed E-state index contributed by atoms with van der Waals surface area (Å²) >= 11 is 0. The Labute approximate surface area is 113 Å². The van der Waals surface area contributed by atoms with Gasteiger partial charge in [0.1, 0.15) is 0 Å². The Morgan fingerprint density at radius 3 is 2.06 bits per heavy atom. The molecule has 2 heterocycles. The monoisotopic (exact) mass is 250 g/mol. The number of hydrogen-bond donors (Lipinski definition) is 0. The summed E-state index contributed by atoms with van der Waals surface area (Å²) in [6.07, 6.45) is 12.2. The van der Waals surface area contributed by atoms with Gasteiger partial charge in [0.05, 0.1) is 0 Å². The molecule has 0 aromatic heterocycles. The van der Waals surface area contributed by atoms with E-state index in [1.165, 1.54) is 76.8 Å². The summed E-state index contributed by atoms with van der Waals surface area (Å²) in [5, 5.41) is 0. The predicted octanol–water partition coefficient (Wildman–Crippen LogP) is 3.64. The van der Waals surface area contributed by atoms with Crippen molar-refractivity contribution in [3.05, 3.63) is 11.8 Å². The average Bonchev–Trinajstić information content (AvgIpc) is 2.46. The highest BCUT2D eigenvalue weighted by atomic mass is 15.2. The molecule has 0 aliphatic carbocycles. The molecular weight excluding hydrogens is 220 g/mol. The summed E-state index contributed by atoms with van der Waals surface area (Å²) in [6.45, 7) is 9.82. The Morgan fingerprint density at radius 2 is 1.50 bits per heavy atom. The van der Waals surface area contributed by atoms with Crippen LogP contribution in [0, 0.1) is 0 Å². The van der Waals surface area contributed by atoms with Gasteiger partial charge in [-0.25, -0.2) is 0 Å². The lowest BCUT2D eigenvalue weighted by Crippen LogP contribution is -2.38. The van der Waals surface area contributed by atoms with Crippen LogP contribution < -0.4 is 0 Å². The van der Waals surface area contributed by atoms with E-state index in [0.717, 1.165) is 0 Å². The maximum Gasteiger partial charge on any atom is 0.0295 e. The van der Waals surface area contributed by atoms with Gasteiger partial charge in [-0.2, -0.15) is 0 Å². The Hall–Kier alpha value is -0.500. The summed E-state index contributed by atoms with van der Waals surface area (Å²) in [4.78, 5) is 5.28. The quantitative estimate of drug-likeness (QED) is 0.751. The zero-order valence-corrected chi connectivity index (χ0v) is 12.3. The van der Waals surface area contributed by atoms with Crippen LogP contribution in [0.4, 0.5) is 0 Å². The highest BCUT2D eigenvalue weighted by Gasteiger charge is 2.18. The molecule has 0 radical (unpaired) electrons. The third-order valence-corrected chi connectivity index (χ3v) is 4.57. The van der Waals surface area contributed by atoms with Gasteiger partial charge in [0.2, 0.25) is 0 Å². The first-order valence-corrected chi connectivity index (χ1v) is 7.98. The normalized spacial score (nSPS) is 25.2. The molecule has 2 nitrogen and oxygen atoms in total. The van der Waals surface area contributed by atoms with Crippen molar-refractivity contribution in [3.63, 3.8) is 0 Å². The lowest BCUT2D eigenvalue weighted by atomic mass is 10.0. The summed E-state index contributed by atoms with van der Waals surface area (Å²) in [6, 6.07) is 0.673. The van der Waals surface area contributed by atoms with E-state index in [1.54, 1.807) is 0 Å². The van der Waals surface area contributed by atoms with Gasteiger partial charge >= 0.3 is 0 Å². The molecule has 0 aromatic rings. The van der Waals surface area contributed by atoms with Gasteiger partial charge in [-0.15, -0.1) is 0 Å². The lowest BCUT2D eigenvalue weighted by Gasteiger charge is -2.35. The third kappa shape index (κ3) is 3.74. The topological polar surface area (TPSA) is 6.48 Å². The number of hydrogen-bond acceptors (Lipinski definition) is 2. The van der Waals surface area contributed by atoms with Crippen molar-refractivity contribution in [3.8, 4) is 0 Å². The van der Waals surface area contributed by atoms with Crippen molar-refractivity contribution in [1.29, 1.82) is 0 Å².